The van der Waals surface area contributed by atoms with Crippen LogP contribution in [0, 0.1) is 5.82 Å². The average molecular weight is 215 g/mol. The summed E-state index contributed by atoms with van der Waals surface area (Å²) in [5.74, 6) is -0.392. The van der Waals surface area contributed by atoms with Crippen LogP contribution in [0.25, 0.3) is 5.57 Å². The standard InChI is InChI=1S/C10H8ClFO2/c1-14-10-3-2-7(4-9(10)12)8(5-11)6-13/h2-6H,1H3. The monoisotopic (exact) mass is 214 g/mol. The Morgan fingerprint density at radius 2 is 2.29 bits per heavy atom. The fraction of sp³-hybridized carbons (Fsp3) is 0.100. The summed E-state index contributed by atoms with van der Waals surface area (Å²) in [6.07, 6.45) is 0.564. The molecule has 4 heteroatoms. The molecular formula is C10H8ClFO2. The first-order valence-electron chi connectivity index (χ1n) is 3.82. The van der Waals surface area contributed by atoms with E-state index in [1.165, 1.54) is 19.2 Å². The van der Waals surface area contributed by atoms with Gasteiger partial charge in [-0.2, -0.15) is 0 Å². The highest BCUT2D eigenvalue weighted by Crippen LogP contribution is 2.21. The van der Waals surface area contributed by atoms with Gasteiger partial charge in [0.25, 0.3) is 0 Å². The summed E-state index contributed by atoms with van der Waals surface area (Å²) in [6.45, 7) is 0. The molecule has 1 aromatic rings. The average Bonchev–Trinajstić information content (AvgIpc) is 2.20. The van der Waals surface area contributed by atoms with E-state index < -0.39 is 5.82 Å². The van der Waals surface area contributed by atoms with Crippen LogP contribution in [0.3, 0.4) is 0 Å². The van der Waals surface area contributed by atoms with E-state index in [9.17, 15) is 9.18 Å². The van der Waals surface area contributed by atoms with Crippen LogP contribution >= 0.6 is 11.6 Å². The SMILES string of the molecule is COc1ccc(C(C=O)=CCl)cc1F. The van der Waals surface area contributed by atoms with E-state index in [4.69, 9.17) is 16.3 Å². The van der Waals surface area contributed by atoms with Crippen LogP contribution in [-0.2, 0) is 4.79 Å². The number of carbonyl (C=O) groups excluding carboxylic acids is 1. The Morgan fingerprint density at radius 3 is 2.71 bits per heavy atom. The molecule has 0 atom stereocenters. The van der Waals surface area contributed by atoms with Crippen molar-refractivity contribution in [1.82, 2.24) is 0 Å². The highest BCUT2D eigenvalue weighted by molar-refractivity contribution is 6.32. The van der Waals surface area contributed by atoms with E-state index >= 15 is 0 Å². The van der Waals surface area contributed by atoms with E-state index in [-0.39, 0.29) is 11.3 Å². The second-order valence-electron chi connectivity index (χ2n) is 2.53. The van der Waals surface area contributed by atoms with Gasteiger partial charge >= 0.3 is 0 Å². The minimum absolute atomic E-state index is 0.133. The lowest BCUT2D eigenvalue weighted by Gasteiger charge is -2.03. The second-order valence-corrected chi connectivity index (χ2v) is 2.75. The lowest BCUT2D eigenvalue weighted by Crippen LogP contribution is -1.91. The number of rotatable bonds is 3. The van der Waals surface area contributed by atoms with Gasteiger partial charge in [0.2, 0.25) is 0 Å². The van der Waals surface area contributed by atoms with Gasteiger partial charge in [-0.25, -0.2) is 4.39 Å². The first kappa shape index (κ1) is 10.7. The van der Waals surface area contributed by atoms with E-state index in [0.29, 0.717) is 11.8 Å². The normalized spacial score (nSPS) is 11.2. The Bertz CT molecular complexity index is 374. The minimum Gasteiger partial charge on any atom is -0.494 e. The number of hydrogen-bond acceptors (Lipinski definition) is 2. The van der Waals surface area contributed by atoms with Crippen molar-refractivity contribution < 1.29 is 13.9 Å². The molecule has 1 rings (SSSR count). The number of benzene rings is 1. The predicted molar refractivity (Wildman–Crippen MR) is 52.8 cm³/mol. The minimum atomic E-state index is -0.525. The summed E-state index contributed by atoms with van der Waals surface area (Å²) in [5, 5.41) is 0. The molecule has 0 aliphatic heterocycles. The molecular weight excluding hydrogens is 207 g/mol. The fourth-order valence-electron chi connectivity index (χ4n) is 1.00. The number of carbonyl (C=O) groups is 1. The number of hydrogen-bond donors (Lipinski definition) is 0. The third-order valence-corrected chi connectivity index (χ3v) is 1.96. The van der Waals surface area contributed by atoms with Gasteiger partial charge in [0.1, 0.15) is 0 Å². The van der Waals surface area contributed by atoms with Crippen molar-refractivity contribution in [2.75, 3.05) is 7.11 Å². The van der Waals surface area contributed by atoms with E-state index in [1.807, 2.05) is 0 Å². The molecule has 0 saturated carbocycles. The van der Waals surface area contributed by atoms with Gasteiger partial charge in [0, 0.05) is 11.1 Å². The van der Waals surface area contributed by atoms with Crippen molar-refractivity contribution in [3.05, 3.63) is 35.1 Å². The molecule has 0 N–H and O–H groups in total. The maximum atomic E-state index is 13.2. The molecule has 0 bridgehead atoms. The predicted octanol–water partition coefficient (Wildman–Crippen LogP) is 2.61. The Kier molecular flexibility index (Phi) is 3.65. The van der Waals surface area contributed by atoms with E-state index in [2.05, 4.69) is 0 Å². The Labute approximate surface area is 85.9 Å². The zero-order chi connectivity index (χ0) is 10.6. The molecule has 0 heterocycles. The van der Waals surface area contributed by atoms with Crippen LogP contribution in [0.4, 0.5) is 4.39 Å². The van der Waals surface area contributed by atoms with Crippen LogP contribution in [0.2, 0.25) is 0 Å². The molecule has 0 saturated heterocycles. The molecule has 0 fully saturated rings. The smallest absolute Gasteiger partial charge is 0.165 e. The van der Waals surface area contributed by atoms with Crippen LogP contribution in [0.5, 0.6) is 5.75 Å². The van der Waals surface area contributed by atoms with Crippen molar-refractivity contribution in [1.29, 1.82) is 0 Å². The number of aldehydes is 1. The summed E-state index contributed by atoms with van der Waals surface area (Å²) in [6, 6.07) is 4.19. The van der Waals surface area contributed by atoms with Gasteiger partial charge in [0.15, 0.2) is 17.9 Å². The molecule has 0 radical (unpaired) electrons. The van der Waals surface area contributed by atoms with Crippen LogP contribution < -0.4 is 4.74 Å². The highest BCUT2D eigenvalue weighted by atomic mass is 35.5. The summed E-state index contributed by atoms with van der Waals surface area (Å²) < 4.78 is 17.9. The number of allylic oxidation sites excluding steroid dienone is 1. The summed E-state index contributed by atoms with van der Waals surface area (Å²) in [5.41, 5.74) is 1.76. The lowest BCUT2D eigenvalue weighted by molar-refractivity contribution is -0.103. The van der Waals surface area contributed by atoms with Crippen molar-refractivity contribution in [3.63, 3.8) is 0 Å². The third kappa shape index (κ3) is 2.12. The van der Waals surface area contributed by atoms with E-state index in [1.54, 1.807) is 6.07 Å². The van der Waals surface area contributed by atoms with E-state index in [0.717, 1.165) is 5.54 Å². The molecule has 0 aromatic heterocycles. The Balaban J connectivity index is 3.14. The third-order valence-electron chi connectivity index (χ3n) is 1.73. The zero-order valence-electron chi connectivity index (χ0n) is 7.46. The zero-order valence-corrected chi connectivity index (χ0v) is 8.22. The summed E-state index contributed by atoms with van der Waals surface area (Å²) in [7, 11) is 1.37. The van der Waals surface area contributed by atoms with Crippen LogP contribution in [-0.4, -0.2) is 13.4 Å². The van der Waals surface area contributed by atoms with Gasteiger partial charge in [-0.05, 0) is 17.7 Å². The molecule has 0 unspecified atom stereocenters. The molecule has 1 aromatic carbocycles. The van der Waals surface area contributed by atoms with Crippen molar-refractivity contribution in [2.24, 2.45) is 0 Å². The molecule has 0 spiro atoms. The molecule has 14 heavy (non-hydrogen) atoms. The van der Waals surface area contributed by atoms with Gasteiger partial charge in [-0.15, -0.1) is 0 Å². The van der Waals surface area contributed by atoms with Crippen LogP contribution in [0.1, 0.15) is 5.56 Å². The molecule has 0 aliphatic carbocycles. The number of methoxy groups -OCH3 is 1. The summed E-state index contributed by atoms with van der Waals surface area (Å²) >= 11 is 5.38. The summed E-state index contributed by atoms with van der Waals surface area (Å²) in [4.78, 5) is 10.5. The van der Waals surface area contributed by atoms with Crippen molar-refractivity contribution in [3.8, 4) is 5.75 Å². The van der Waals surface area contributed by atoms with Crippen molar-refractivity contribution >= 4 is 23.5 Å². The molecule has 74 valence electrons. The Morgan fingerprint density at radius 1 is 1.57 bits per heavy atom. The lowest BCUT2D eigenvalue weighted by atomic mass is 10.1. The maximum Gasteiger partial charge on any atom is 0.165 e. The largest absolute Gasteiger partial charge is 0.494 e. The van der Waals surface area contributed by atoms with Crippen molar-refractivity contribution in [2.45, 2.75) is 0 Å². The van der Waals surface area contributed by atoms with Gasteiger partial charge in [0.05, 0.1) is 7.11 Å². The molecule has 0 amide bonds. The van der Waals surface area contributed by atoms with Crippen LogP contribution in [0.15, 0.2) is 23.7 Å². The van der Waals surface area contributed by atoms with Gasteiger partial charge in [-0.3, -0.25) is 4.79 Å². The van der Waals surface area contributed by atoms with Gasteiger partial charge < -0.3 is 4.74 Å². The first-order chi connectivity index (χ1) is 6.72. The Hall–Kier alpha value is -1.35. The fourth-order valence-corrected chi connectivity index (χ4v) is 1.18. The number of ether oxygens (including phenoxy) is 1. The number of halogens is 2. The molecule has 0 aliphatic rings. The first-order valence-corrected chi connectivity index (χ1v) is 4.26. The topological polar surface area (TPSA) is 26.3 Å². The quantitative estimate of drug-likeness (QED) is 0.571. The molecule has 2 nitrogen and oxygen atoms in total. The maximum absolute atomic E-state index is 13.2. The highest BCUT2D eigenvalue weighted by Gasteiger charge is 2.05. The second kappa shape index (κ2) is 4.77. The van der Waals surface area contributed by atoms with Gasteiger partial charge in [-0.1, -0.05) is 17.7 Å².